The van der Waals surface area contributed by atoms with Crippen LogP contribution in [0.1, 0.15) is 48.3 Å². The number of rotatable bonds is 12. The van der Waals surface area contributed by atoms with Gasteiger partial charge in [0.2, 0.25) is 0 Å². The largest absolute Gasteiger partial charge is 0.469 e. The Bertz CT molecular complexity index is 2010. The zero-order valence-corrected chi connectivity index (χ0v) is 28.8. The van der Waals surface area contributed by atoms with Gasteiger partial charge in [0.1, 0.15) is 12.1 Å². The molecule has 254 valence electrons. The van der Waals surface area contributed by atoms with Gasteiger partial charge in [-0.3, -0.25) is 14.6 Å². The van der Waals surface area contributed by atoms with Crippen LogP contribution in [0.15, 0.2) is 101 Å². The molecule has 5 aromatic rings. The molecule has 0 saturated carbocycles. The fraction of sp³-hybridized carbons (Fsp3) is 0.206. The zero-order chi connectivity index (χ0) is 35.2. The number of aromatic nitrogens is 3. The van der Waals surface area contributed by atoms with Crippen LogP contribution < -0.4 is 16.0 Å². The number of hydrogen-bond donors (Lipinski definition) is 5. The highest BCUT2D eigenvalue weighted by molar-refractivity contribution is 7.99. The normalized spacial score (nSPS) is 12.7. The molecule has 1 atom stereocenters. The fourth-order valence-corrected chi connectivity index (χ4v) is 6.11. The van der Waals surface area contributed by atoms with E-state index in [-0.39, 0.29) is 11.5 Å². The molecule has 2 heterocycles. The van der Waals surface area contributed by atoms with Crippen LogP contribution in [-0.4, -0.2) is 50.5 Å². The summed E-state index contributed by atoms with van der Waals surface area (Å²) in [5, 5.41) is 9.59. The maximum absolute atomic E-state index is 13.8. The summed E-state index contributed by atoms with van der Waals surface area (Å²) < 4.78 is 21.1. The summed E-state index contributed by atoms with van der Waals surface area (Å²) in [5.41, 5.74) is 2.09. The highest BCUT2D eigenvalue weighted by Gasteiger charge is 2.33. The SMILES string of the molecule is COC(=O)Nc1ccc(Sc2ccc(C(=O)NC(C)(COP(=O)(O)O)c3ccccc3)cc2Nc2ncnc3nc(C(C)C)ccc23)cc1. The van der Waals surface area contributed by atoms with Crippen molar-refractivity contribution in [3.05, 3.63) is 108 Å². The molecule has 2 amide bonds. The number of phosphoric acid groups is 1. The van der Waals surface area contributed by atoms with Crippen molar-refractivity contribution in [1.82, 2.24) is 20.3 Å². The predicted octanol–water partition coefficient (Wildman–Crippen LogP) is 6.98. The third kappa shape index (κ3) is 9.19. The molecule has 0 aliphatic heterocycles. The number of nitrogens with one attached hydrogen (secondary N) is 3. The molecule has 0 saturated heterocycles. The standard InChI is InChI=1S/C34H35N6O7PS/c1-21(2)27-16-15-26-30(38-27)35-20-36-31(26)39-28-18-22(10-17-29(28)49-25-13-11-24(12-14-25)37-33(42)46-4)32(41)40-34(3,19-47-48(43,44)45)23-8-6-5-7-9-23/h5-18,20-21H,19H2,1-4H3,(H,37,42)(H,40,41)(H2,43,44,45)(H,35,36,38,39). The number of phosphoric ester groups is 1. The Morgan fingerprint density at radius 1 is 0.980 bits per heavy atom. The Balaban J connectivity index is 1.51. The van der Waals surface area contributed by atoms with Crippen molar-refractivity contribution >= 4 is 59.8 Å². The number of carbonyl (C=O) groups is 2. The van der Waals surface area contributed by atoms with E-state index in [2.05, 4.69) is 35.6 Å². The topological polar surface area (TPSA) is 185 Å². The molecule has 49 heavy (non-hydrogen) atoms. The van der Waals surface area contributed by atoms with Gasteiger partial charge in [0, 0.05) is 26.7 Å². The van der Waals surface area contributed by atoms with E-state index in [9.17, 15) is 23.9 Å². The van der Waals surface area contributed by atoms with Crippen molar-refractivity contribution < 1.29 is 33.2 Å². The van der Waals surface area contributed by atoms with Crippen molar-refractivity contribution in [2.45, 2.75) is 42.0 Å². The number of amides is 2. The Morgan fingerprint density at radius 3 is 2.39 bits per heavy atom. The van der Waals surface area contributed by atoms with Gasteiger partial charge < -0.3 is 25.2 Å². The molecule has 0 aliphatic rings. The Morgan fingerprint density at radius 2 is 1.71 bits per heavy atom. The zero-order valence-electron chi connectivity index (χ0n) is 27.1. The van der Waals surface area contributed by atoms with Crippen molar-refractivity contribution in [2.24, 2.45) is 0 Å². The van der Waals surface area contributed by atoms with Crippen LogP contribution in [0.25, 0.3) is 11.0 Å². The average molecular weight is 703 g/mol. The van der Waals surface area contributed by atoms with Crippen LogP contribution in [0, 0.1) is 0 Å². The van der Waals surface area contributed by atoms with Crippen LogP contribution in [0.5, 0.6) is 0 Å². The van der Waals surface area contributed by atoms with Crippen molar-refractivity contribution in [3.63, 3.8) is 0 Å². The minimum absolute atomic E-state index is 0.205. The summed E-state index contributed by atoms with van der Waals surface area (Å²) >= 11 is 1.42. The lowest BCUT2D eigenvalue weighted by atomic mass is 9.92. The second-order valence-corrected chi connectivity index (χ2v) is 13.8. The van der Waals surface area contributed by atoms with E-state index in [4.69, 9.17) is 4.52 Å². The first kappa shape index (κ1) is 35.5. The number of ether oxygens (including phenoxy) is 1. The first-order chi connectivity index (χ1) is 23.3. The van der Waals surface area contributed by atoms with Crippen LogP contribution in [0.2, 0.25) is 0 Å². The van der Waals surface area contributed by atoms with E-state index in [1.165, 1.54) is 25.2 Å². The number of fused-ring (bicyclic) bond motifs is 1. The van der Waals surface area contributed by atoms with E-state index >= 15 is 0 Å². The van der Waals surface area contributed by atoms with Crippen LogP contribution in [0.3, 0.4) is 0 Å². The molecule has 2 aromatic heterocycles. The third-order valence-corrected chi connectivity index (χ3v) is 8.99. The number of nitrogens with zero attached hydrogens (tertiary/aromatic N) is 3. The lowest BCUT2D eigenvalue weighted by molar-refractivity contribution is 0.0832. The van der Waals surface area contributed by atoms with Crippen molar-refractivity contribution in [1.29, 1.82) is 0 Å². The number of benzene rings is 3. The number of methoxy groups -OCH3 is 1. The van der Waals surface area contributed by atoms with Gasteiger partial charge in [0.15, 0.2) is 5.65 Å². The molecule has 5 rings (SSSR count). The summed E-state index contributed by atoms with van der Waals surface area (Å²) in [6, 6.07) is 24.9. The van der Waals surface area contributed by atoms with Gasteiger partial charge in [-0.15, -0.1) is 0 Å². The van der Waals surface area contributed by atoms with E-state index in [0.29, 0.717) is 33.8 Å². The van der Waals surface area contributed by atoms with E-state index in [0.717, 1.165) is 15.5 Å². The first-order valence-corrected chi connectivity index (χ1v) is 17.4. The minimum atomic E-state index is -4.83. The molecule has 13 nitrogen and oxygen atoms in total. The number of hydrogen-bond acceptors (Lipinski definition) is 10. The fourth-order valence-electron chi connectivity index (χ4n) is 4.80. The van der Waals surface area contributed by atoms with Crippen LogP contribution in [0.4, 0.5) is 22.0 Å². The van der Waals surface area contributed by atoms with Gasteiger partial charge in [-0.25, -0.2) is 24.3 Å². The van der Waals surface area contributed by atoms with Gasteiger partial charge >= 0.3 is 13.9 Å². The maximum atomic E-state index is 13.8. The molecule has 15 heteroatoms. The maximum Gasteiger partial charge on any atom is 0.469 e. The molecule has 0 fully saturated rings. The molecular formula is C34H35N6O7PS. The number of anilines is 3. The summed E-state index contributed by atoms with van der Waals surface area (Å²) in [6.07, 6.45) is 0.842. The molecule has 0 aliphatic carbocycles. The third-order valence-electron chi connectivity index (χ3n) is 7.44. The molecule has 0 spiro atoms. The summed E-state index contributed by atoms with van der Waals surface area (Å²) in [4.78, 5) is 59.4. The van der Waals surface area contributed by atoms with Crippen molar-refractivity contribution in [2.75, 3.05) is 24.4 Å². The molecule has 3 aromatic carbocycles. The predicted molar refractivity (Wildman–Crippen MR) is 187 cm³/mol. The average Bonchev–Trinajstić information content (AvgIpc) is 3.08. The van der Waals surface area contributed by atoms with Gasteiger partial charge in [-0.05, 0) is 73.0 Å². The number of carbonyl (C=O) groups excluding carboxylic acids is 2. The smallest absolute Gasteiger partial charge is 0.453 e. The lowest BCUT2D eigenvalue weighted by Crippen LogP contribution is -2.46. The highest BCUT2D eigenvalue weighted by atomic mass is 32.2. The van der Waals surface area contributed by atoms with Crippen LogP contribution in [-0.2, 0) is 19.4 Å². The summed E-state index contributed by atoms with van der Waals surface area (Å²) in [6.45, 7) is 5.25. The second-order valence-electron chi connectivity index (χ2n) is 11.5. The molecule has 1 unspecified atom stereocenters. The van der Waals surface area contributed by atoms with Gasteiger partial charge in [0.25, 0.3) is 5.91 Å². The second kappa shape index (κ2) is 15.1. The first-order valence-electron chi connectivity index (χ1n) is 15.1. The number of pyridine rings is 1. The quantitative estimate of drug-likeness (QED) is 0.0842. The van der Waals surface area contributed by atoms with Gasteiger partial charge in [-0.1, -0.05) is 55.9 Å². The highest BCUT2D eigenvalue weighted by Crippen LogP contribution is 2.39. The molecule has 0 radical (unpaired) electrons. The Labute approximate surface area is 287 Å². The van der Waals surface area contributed by atoms with E-state index < -0.39 is 32.0 Å². The summed E-state index contributed by atoms with van der Waals surface area (Å²) in [7, 11) is -3.55. The summed E-state index contributed by atoms with van der Waals surface area (Å²) in [5.74, 6) is 0.181. The molecule has 0 bridgehead atoms. The van der Waals surface area contributed by atoms with Crippen LogP contribution >= 0.6 is 19.6 Å². The molecule has 5 N–H and O–H groups in total. The monoisotopic (exact) mass is 702 g/mol. The van der Waals surface area contributed by atoms with E-state index in [1.54, 1.807) is 67.6 Å². The Hall–Kier alpha value is -4.85. The molecular weight excluding hydrogens is 667 g/mol. The minimum Gasteiger partial charge on any atom is -0.453 e. The Kier molecular flexibility index (Phi) is 11.0. The lowest BCUT2D eigenvalue weighted by Gasteiger charge is -2.31. The van der Waals surface area contributed by atoms with Gasteiger partial charge in [-0.2, -0.15) is 0 Å². The van der Waals surface area contributed by atoms with Crippen molar-refractivity contribution in [3.8, 4) is 0 Å². The van der Waals surface area contributed by atoms with Gasteiger partial charge in [0.05, 0.1) is 30.3 Å². The van der Waals surface area contributed by atoms with E-state index in [1.807, 2.05) is 38.1 Å².